The van der Waals surface area contributed by atoms with Gasteiger partial charge in [-0.2, -0.15) is 0 Å². The molecule has 2 aromatic rings. The summed E-state index contributed by atoms with van der Waals surface area (Å²) in [5, 5.41) is 4.85. The number of hydrogen-bond acceptors (Lipinski definition) is 1. The lowest BCUT2D eigenvalue weighted by Gasteiger charge is -2.10. The molecule has 2 nitrogen and oxygen atoms in total. The van der Waals surface area contributed by atoms with Crippen LogP contribution in [-0.2, 0) is 13.1 Å². The Kier molecular flexibility index (Phi) is 4.65. The van der Waals surface area contributed by atoms with E-state index in [0.717, 1.165) is 19.6 Å². The molecule has 0 saturated heterocycles. The highest BCUT2D eigenvalue weighted by Gasteiger charge is 2.04. The van der Waals surface area contributed by atoms with E-state index < -0.39 is 0 Å². The van der Waals surface area contributed by atoms with E-state index in [1.807, 2.05) is 0 Å². The largest absolute Gasteiger partial charge is 0.347 e. The van der Waals surface area contributed by atoms with E-state index in [9.17, 15) is 0 Å². The molecule has 1 N–H and O–H groups in total. The van der Waals surface area contributed by atoms with Crippen LogP contribution in [0.15, 0.2) is 30.5 Å². The molecule has 0 radical (unpaired) electrons. The Balaban J connectivity index is 2.13. The van der Waals surface area contributed by atoms with Crippen LogP contribution in [-0.4, -0.2) is 11.1 Å². The van der Waals surface area contributed by atoms with Gasteiger partial charge in [-0.3, -0.25) is 0 Å². The maximum absolute atomic E-state index is 3.51. The highest BCUT2D eigenvalue weighted by Crippen LogP contribution is 2.19. The van der Waals surface area contributed by atoms with Crippen LogP contribution in [0.3, 0.4) is 0 Å². The molecule has 0 spiro atoms. The van der Waals surface area contributed by atoms with Crippen molar-refractivity contribution in [3.05, 3.63) is 36.0 Å². The standard InChI is InChI=1S/C17H26N2/c1-13(2)10-18-11-15-5-6-16-7-8-19(12-14(3)4)17(16)9-15/h5-9,13-14,18H,10-12H2,1-4H3. The Morgan fingerprint density at radius 1 is 1.05 bits per heavy atom. The topological polar surface area (TPSA) is 17.0 Å². The van der Waals surface area contributed by atoms with Gasteiger partial charge in [0.05, 0.1) is 0 Å². The summed E-state index contributed by atoms with van der Waals surface area (Å²) in [6.45, 7) is 12.1. The molecule has 0 fully saturated rings. The first kappa shape index (κ1) is 14.1. The van der Waals surface area contributed by atoms with Crippen molar-refractivity contribution in [2.75, 3.05) is 6.54 Å². The maximum atomic E-state index is 3.51. The van der Waals surface area contributed by atoms with E-state index in [2.05, 4.69) is 68.0 Å². The normalized spacial score (nSPS) is 11.9. The first-order valence-electron chi connectivity index (χ1n) is 7.34. The average molecular weight is 258 g/mol. The zero-order chi connectivity index (χ0) is 13.8. The summed E-state index contributed by atoms with van der Waals surface area (Å²) in [5.41, 5.74) is 2.73. The molecule has 0 saturated carbocycles. The summed E-state index contributed by atoms with van der Waals surface area (Å²) in [4.78, 5) is 0. The Morgan fingerprint density at radius 2 is 1.84 bits per heavy atom. The van der Waals surface area contributed by atoms with Crippen LogP contribution in [0.25, 0.3) is 10.9 Å². The highest BCUT2D eigenvalue weighted by molar-refractivity contribution is 5.80. The summed E-state index contributed by atoms with van der Waals surface area (Å²) >= 11 is 0. The van der Waals surface area contributed by atoms with Gasteiger partial charge in [0, 0.05) is 24.8 Å². The molecule has 0 unspecified atom stereocenters. The second-order valence-electron chi connectivity index (χ2n) is 6.28. The third kappa shape index (κ3) is 3.84. The van der Waals surface area contributed by atoms with Crippen LogP contribution in [0.5, 0.6) is 0 Å². The Morgan fingerprint density at radius 3 is 2.53 bits per heavy atom. The first-order valence-corrected chi connectivity index (χ1v) is 7.34. The third-order valence-electron chi connectivity index (χ3n) is 3.28. The van der Waals surface area contributed by atoms with Gasteiger partial charge in [-0.1, -0.05) is 39.8 Å². The fraction of sp³-hybridized carbons (Fsp3) is 0.529. The van der Waals surface area contributed by atoms with Crippen LogP contribution in [0.1, 0.15) is 33.3 Å². The summed E-state index contributed by atoms with van der Waals surface area (Å²) in [6.07, 6.45) is 2.20. The molecule has 0 aliphatic carbocycles. The molecular weight excluding hydrogens is 232 g/mol. The molecule has 1 aromatic carbocycles. The number of hydrogen-bond donors (Lipinski definition) is 1. The lowest BCUT2D eigenvalue weighted by molar-refractivity contribution is 0.535. The molecule has 19 heavy (non-hydrogen) atoms. The van der Waals surface area contributed by atoms with Gasteiger partial charge in [-0.05, 0) is 41.5 Å². The van der Waals surface area contributed by atoms with Gasteiger partial charge < -0.3 is 9.88 Å². The van der Waals surface area contributed by atoms with Crippen LogP contribution in [0.2, 0.25) is 0 Å². The monoisotopic (exact) mass is 258 g/mol. The Hall–Kier alpha value is -1.28. The molecule has 104 valence electrons. The van der Waals surface area contributed by atoms with Crippen molar-refractivity contribution >= 4 is 10.9 Å². The van der Waals surface area contributed by atoms with Crippen molar-refractivity contribution in [2.24, 2.45) is 11.8 Å². The van der Waals surface area contributed by atoms with Gasteiger partial charge in [-0.15, -0.1) is 0 Å². The van der Waals surface area contributed by atoms with Crippen LogP contribution in [0, 0.1) is 11.8 Å². The minimum absolute atomic E-state index is 0.679. The van der Waals surface area contributed by atoms with E-state index in [1.165, 1.54) is 16.5 Å². The molecule has 0 aliphatic rings. The van der Waals surface area contributed by atoms with Crippen molar-refractivity contribution in [3.63, 3.8) is 0 Å². The molecule has 1 heterocycles. The Bertz CT molecular complexity index is 523. The molecule has 2 rings (SSSR count). The SMILES string of the molecule is CC(C)CNCc1ccc2ccn(CC(C)C)c2c1. The van der Waals surface area contributed by atoms with Crippen LogP contribution < -0.4 is 5.32 Å². The second-order valence-corrected chi connectivity index (χ2v) is 6.28. The van der Waals surface area contributed by atoms with Crippen LogP contribution >= 0.6 is 0 Å². The zero-order valence-corrected chi connectivity index (χ0v) is 12.6. The quantitative estimate of drug-likeness (QED) is 0.827. The molecule has 0 atom stereocenters. The molecule has 0 amide bonds. The first-order chi connectivity index (χ1) is 9.06. The molecule has 2 heteroatoms. The van der Waals surface area contributed by atoms with Crippen molar-refractivity contribution in [3.8, 4) is 0 Å². The molecule has 0 aliphatic heterocycles. The van der Waals surface area contributed by atoms with Gasteiger partial charge in [0.25, 0.3) is 0 Å². The van der Waals surface area contributed by atoms with E-state index in [1.54, 1.807) is 0 Å². The van der Waals surface area contributed by atoms with Crippen LogP contribution in [0.4, 0.5) is 0 Å². The van der Waals surface area contributed by atoms with E-state index in [0.29, 0.717) is 11.8 Å². The molecular formula is C17H26N2. The number of fused-ring (bicyclic) bond motifs is 1. The van der Waals surface area contributed by atoms with Crippen molar-refractivity contribution in [1.82, 2.24) is 9.88 Å². The molecule has 0 bridgehead atoms. The third-order valence-corrected chi connectivity index (χ3v) is 3.28. The fourth-order valence-electron chi connectivity index (χ4n) is 2.40. The Labute approximate surface area is 116 Å². The number of aromatic nitrogens is 1. The lowest BCUT2D eigenvalue weighted by atomic mass is 10.1. The van der Waals surface area contributed by atoms with Gasteiger partial charge >= 0.3 is 0 Å². The lowest BCUT2D eigenvalue weighted by Crippen LogP contribution is -2.18. The zero-order valence-electron chi connectivity index (χ0n) is 12.6. The van der Waals surface area contributed by atoms with Crippen molar-refractivity contribution in [1.29, 1.82) is 0 Å². The van der Waals surface area contributed by atoms with Crippen molar-refractivity contribution < 1.29 is 0 Å². The fourth-order valence-corrected chi connectivity index (χ4v) is 2.40. The van der Waals surface area contributed by atoms with E-state index >= 15 is 0 Å². The predicted octanol–water partition coefficient (Wildman–Crippen LogP) is 4.04. The summed E-state index contributed by atoms with van der Waals surface area (Å²) < 4.78 is 2.37. The highest BCUT2D eigenvalue weighted by atomic mass is 15.0. The number of nitrogens with one attached hydrogen (secondary N) is 1. The number of nitrogens with zero attached hydrogens (tertiary/aromatic N) is 1. The van der Waals surface area contributed by atoms with Gasteiger partial charge in [0.1, 0.15) is 0 Å². The summed E-state index contributed by atoms with van der Waals surface area (Å²) in [6, 6.07) is 9.00. The maximum Gasteiger partial charge on any atom is 0.0483 e. The predicted molar refractivity (Wildman–Crippen MR) is 83.3 cm³/mol. The smallest absolute Gasteiger partial charge is 0.0483 e. The van der Waals surface area contributed by atoms with E-state index in [-0.39, 0.29) is 0 Å². The minimum atomic E-state index is 0.679. The van der Waals surface area contributed by atoms with E-state index in [4.69, 9.17) is 0 Å². The summed E-state index contributed by atoms with van der Waals surface area (Å²) in [7, 11) is 0. The van der Waals surface area contributed by atoms with Gasteiger partial charge in [-0.25, -0.2) is 0 Å². The second kappa shape index (κ2) is 6.25. The summed E-state index contributed by atoms with van der Waals surface area (Å²) in [5.74, 6) is 1.38. The number of benzene rings is 1. The minimum Gasteiger partial charge on any atom is -0.347 e. The van der Waals surface area contributed by atoms with Gasteiger partial charge in [0.2, 0.25) is 0 Å². The number of rotatable bonds is 6. The van der Waals surface area contributed by atoms with Crippen molar-refractivity contribution in [2.45, 2.75) is 40.8 Å². The average Bonchev–Trinajstić information content (AvgIpc) is 2.71. The van der Waals surface area contributed by atoms with Gasteiger partial charge in [0.15, 0.2) is 0 Å². The molecule has 1 aromatic heterocycles.